The molecule has 0 bridgehead atoms. The first-order chi connectivity index (χ1) is 23.0. The summed E-state index contributed by atoms with van der Waals surface area (Å²) in [6, 6.07) is 17.9. The van der Waals surface area contributed by atoms with Crippen molar-refractivity contribution in [2.24, 2.45) is 0 Å². The number of alkyl halides is 3. The maximum absolute atomic E-state index is 14.4. The van der Waals surface area contributed by atoms with Crippen molar-refractivity contribution in [1.82, 2.24) is 20.0 Å². The maximum Gasteiger partial charge on any atom is 0.416 e. The molecule has 0 spiro atoms. The highest BCUT2D eigenvalue weighted by Crippen LogP contribution is 2.44. The van der Waals surface area contributed by atoms with Crippen molar-refractivity contribution in [3.63, 3.8) is 0 Å². The lowest BCUT2D eigenvalue weighted by Gasteiger charge is -2.39. The van der Waals surface area contributed by atoms with Gasteiger partial charge >= 0.3 is 6.18 Å². The SMILES string of the molecule is CCN1C(=O)[C@@H](NC(=O)c2cccc(C(F)(F)F)c2)[C@@H](c2ccc(F)cc2)c2c(C(=O)N3CCCC[C@@H]3C#N)nn(-c3ccccc3)c21. The van der Waals surface area contributed by atoms with Gasteiger partial charge in [-0.25, -0.2) is 9.07 Å². The number of rotatable bonds is 6. The topological polar surface area (TPSA) is 111 Å². The van der Waals surface area contributed by atoms with Gasteiger partial charge in [0.15, 0.2) is 5.69 Å². The second-order valence-corrected chi connectivity index (χ2v) is 11.6. The number of hydrogen-bond donors (Lipinski definition) is 1. The number of carbonyl (C=O) groups excluding carboxylic acids is 3. The first kappa shape index (κ1) is 32.4. The lowest BCUT2D eigenvalue weighted by atomic mass is 9.80. The molecule has 48 heavy (non-hydrogen) atoms. The average Bonchev–Trinajstić information content (AvgIpc) is 3.48. The van der Waals surface area contributed by atoms with Crippen LogP contribution < -0.4 is 10.2 Å². The van der Waals surface area contributed by atoms with Gasteiger partial charge in [0, 0.05) is 30.1 Å². The van der Waals surface area contributed by atoms with E-state index in [2.05, 4.69) is 11.4 Å². The van der Waals surface area contributed by atoms with Crippen LogP contribution in [-0.4, -0.2) is 57.6 Å². The number of para-hydroxylation sites is 1. The number of carbonyl (C=O) groups is 3. The Morgan fingerprint density at radius 1 is 1.02 bits per heavy atom. The quantitative estimate of drug-likeness (QED) is 0.262. The summed E-state index contributed by atoms with van der Waals surface area (Å²) in [5.74, 6) is -3.54. The average molecular weight is 659 g/mol. The van der Waals surface area contributed by atoms with Gasteiger partial charge in [-0.1, -0.05) is 36.4 Å². The van der Waals surface area contributed by atoms with E-state index in [0.29, 0.717) is 36.7 Å². The zero-order valence-electron chi connectivity index (χ0n) is 25.7. The Bertz CT molecular complexity index is 1900. The maximum atomic E-state index is 14.4. The van der Waals surface area contributed by atoms with E-state index >= 15 is 0 Å². The number of amides is 3. The van der Waals surface area contributed by atoms with Gasteiger partial charge in [-0.05, 0) is 74.2 Å². The first-order valence-electron chi connectivity index (χ1n) is 15.5. The molecule has 3 heterocycles. The lowest BCUT2D eigenvalue weighted by Crippen LogP contribution is -2.55. The van der Waals surface area contributed by atoms with Crippen LogP contribution in [0.5, 0.6) is 0 Å². The number of likely N-dealkylation sites (tertiary alicyclic amines) is 1. The largest absolute Gasteiger partial charge is 0.416 e. The van der Waals surface area contributed by atoms with Gasteiger partial charge in [-0.2, -0.15) is 23.5 Å². The molecular weight excluding hydrogens is 628 g/mol. The summed E-state index contributed by atoms with van der Waals surface area (Å²) in [5.41, 5.74) is -0.288. The predicted octanol–water partition coefficient (Wildman–Crippen LogP) is 5.85. The molecule has 9 nitrogen and oxygen atoms in total. The zero-order valence-corrected chi connectivity index (χ0v) is 25.7. The van der Waals surface area contributed by atoms with Crippen molar-refractivity contribution in [2.75, 3.05) is 18.0 Å². The van der Waals surface area contributed by atoms with Crippen molar-refractivity contribution in [3.05, 3.63) is 113 Å². The van der Waals surface area contributed by atoms with Crippen LogP contribution in [0.1, 0.15) is 69.6 Å². The smallest absolute Gasteiger partial charge is 0.339 e. The van der Waals surface area contributed by atoms with E-state index in [1.807, 2.05) is 0 Å². The van der Waals surface area contributed by atoms with Crippen LogP contribution in [0.15, 0.2) is 78.9 Å². The van der Waals surface area contributed by atoms with Crippen molar-refractivity contribution >= 4 is 23.5 Å². The number of benzene rings is 3. The zero-order chi connectivity index (χ0) is 34.2. The van der Waals surface area contributed by atoms with Gasteiger partial charge in [-0.3, -0.25) is 19.3 Å². The van der Waals surface area contributed by atoms with Crippen LogP contribution in [0.25, 0.3) is 5.69 Å². The van der Waals surface area contributed by atoms with Crippen LogP contribution in [0, 0.1) is 17.1 Å². The van der Waals surface area contributed by atoms with Crippen LogP contribution in [0.4, 0.5) is 23.4 Å². The summed E-state index contributed by atoms with van der Waals surface area (Å²) in [7, 11) is 0. The minimum absolute atomic E-state index is 0.0606. The van der Waals surface area contributed by atoms with Gasteiger partial charge < -0.3 is 10.2 Å². The van der Waals surface area contributed by atoms with E-state index < -0.39 is 53.3 Å². The summed E-state index contributed by atoms with van der Waals surface area (Å²) in [6.45, 7) is 2.08. The Morgan fingerprint density at radius 3 is 2.42 bits per heavy atom. The molecular formula is C35H30F4N6O3. The number of anilines is 1. The lowest BCUT2D eigenvalue weighted by molar-refractivity contribution is -0.137. The second kappa shape index (κ2) is 12.9. The predicted molar refractivity (Wildman–Crippen MR) is 167 cm³/mol. The van der Waals surface area contributed by atoms with Crippen LogP contribution >= 0.6 is 0 Å². The summed E-state index contributed by atoms with van der Waals surface area (Å²) in [6.07, 6.45) is -2.81. The van der Waals surface area contributed by atoms with Crippen LogP contribution in [-0.2, 0) is 11.0 Å². The van der Waals surface area contributed by atoms with Gasteiger partial charge in [0.25, 0.3) is 17.7 Å². The standard InChI is InChI=1S/C35H30F4N6O3/c1-2-43-32-28(30(42-45(32)25-11-4-3-5-12-25)34(48)44-18-7-6-13-26(44)20-40)27(21-14-16-24(36)17-15-21)29(33(43)47)41-31(46)22-9-8-10-23(19-22)35(37,38)39/h3-5,8-12,14-17,19,26-27,29H,2,6-7,13,18H2,1H3,(H,41,46)/t26-,27+,29+/m1/s1. The number of nitrogens with zero attached hydrogens (tertiary/aromatic N) is 5. The van der Waals surface area contributed by atoms with E-state index in [4.69, 9.17) is 5.10 Å². The minimum Gasteiger partial charge on any atom is -0.339 e. The van der Waals surface area contributed by atoms with E-state index in [1.165, 1.54) is 44.8 Å². The molecule has 246 valence electrons. The molecule has 13 heteroatoms. The number of nitriles is 1. The second-order valence-electron chi connectivity index (χ2n) is 11.6. The summed E-state index contributed by atoms with van der Waals surface area (Å²) in [5, 5.41) is 17.3. The van der Waals surface area contributed by atoms with Gasteiger partial charge in [0.05, 0.1) is 17.3 Å². The fourth-order valence-electron chi connectivity index (χ4n) is 6.44. The molecule has 4 aromatic rings. The summed E-state index contributed by atoms with van der Waals surface area (Å²) in [4.78, 5) is 45.2. The monoisotopic (exact) mass is 658 g/mol. The molecule has 0 radical (unpaired) electrons. The van der Waals surface area contributed by atoms with E-state index in [1.54, 1.807) is 37.3 Å². The number of piperidine rings is 1. The molecule has 1 saturated heterocycles. The summed E-state index contributed by atoms with van der Waals surface area (Å²) >= 11 is 0. The Morgan fingerprint density at radius 2 is 1.75 bits per heavy atom. The number of aromatic nitrogens is 2. The normalized spacial score (nSPS) is 19.4. The van der Waals surface area contributed by atoms with Crippen molar-refractivity contribution in [1.29, 1.82) is 5.26 Å². The molecule has 3 atom stereocenters. The fourth-order valence-corrected chi connectivity index (χ4v) is 6.44. The molecule has 1 aromatic heterocycles. The summed E-state index contributed by atoms with van der Waals surface area (Å²) < 4.78 is 56.2. The van der Waals surface area contributed by atoms with Gasteiger partial charge in [0.2, 0.25) is 0 Å². The third kappa shape index (κ3) is 5.90. The van der Waals surface area contributed by atoms with Gasteiger partial charge in [-0.15, -0.1) is 0 Å². The molecule has 6 rings (SSSR count). The molecule has 1 fully saturated rings. The Kier molecular flexibility index (Phi) is 8.75. The molecule has 0 unspecified atom stereocenters. The number of fused-ring (bicyclic) bond motifs is 1. The van der Waals surface area contributed by atoms with Crippen LogP contribution in [0.3, 0.4) is 0 Å². The molecule has 3 amide bonds. The third-order valence-corrected chi connectivity index (χ3v) is 8.73. The Balaban J connectivity index is 1.57. The highest BCUT2D eigenvalue weighted by molar-refractivity contribution is 6.07. The van der Waals surface area contributed by atoms with E-state index in [0.717, 1.165) is 18.6 Å². The Labute approximate surface area is 273 Å². The molecule has 2 aliphatic rings. The minimum atomic E-state index is -4.71. The van der Waals surface area contributed by atoms with Gasteiger partial charge in [0.1, 0.15) is 23.7 Å². The molecule has 3 aromatic carbocycles. The highest BCUT2D eigenvalue weighted by Gasteiger charge is 2.48. The third-order valence-electron chi connectivity index (χ3n) is 8.73. The molecule has 0 aliphatic carbocycles. The molecule has 2 aliphatic heterocycles. The Hall–Kier alpha value is -5.51. The highest BCUT2D eigenvalue weighted by atomic mass is 19.4. The number of nitrogens with one attached hydrogen (secondary N) is 1. The molecule has 1 N–H and O–H groups in total. The number of hydrogen-bond acceptors (Lipinski definition) is 5. The van der Waals surface area contributed by atoms with Crippen molar-refractivity contribution in [3.8, 4) is 11.8 Å². The molecule has 0 saturated carbocycles. The fraction of sp³-hybridized carbons (Fsp3) is 0.286. The van der Waals surface area contributed by atoms with Crippen molar-refractivity contribution in [2.45, 2.75) is 50.4 Å². The number of halogens is 4. The van der Waals surface area contributed by atoms with Crippen molar-refractivity contribution < 1.29 is 31.9 Å². The van der Waals surface area contributed by atoms with E-state index in [-0.39, 0.29) is 29.2 Å². The number of likely N-dealkylation sites (N-methyl/N-ethyl adjacent to an activating group) is 1. The van der Waals surface area contributed by atoms with E-state index in [9.17, 15) is 37.2 Å². The van der Waals surface area contributed by atoms with Crippen LogP contribution in [0.2, 0.25) is 0 Å². The first-order valence-corrected chi connectivity index (χ1v) is 15.5.